The topological polar surface area (TPSA) is 70.1 Å². The summed E-state index contributed by atoms with van der Waals surface area (Å²) in [5, 5.41) is 13.3. The highest BCUT2D eigenvalue weighted by molar-refractivity contribution is 6.33. The molecule has 0 aliphatic heterocycles. The summed E-state index contributed by atoms with van der Waals surface area (Å²) in [5.74, 6) is 0.233. The predicted molar refractivity (Wildman–Crippen MR) is 88.1 cm³/mol. The molecule has 0 unspecified atom stereocenters. The van der Waals surface area contributed by atoms with Crippen LogP contribution in [0.1, 0.15) is 36.4 Å². The maximum atomic E-state index is 13.0. The lowest BCUT2D eigenvalue weighted by Gasteiger charge is -2.25. The molecule has 0 radical (unpaired) electrons. The van der Waals surface area contributed by atoms with E-state index in [1.807, 2.05) is 26.0 Å². The smallest absolute Gasteiger partial charge is 0.260 e. The van der Waals surface area contributed by atoms with Gasteiger partial charge in [-0.15, -0.1) is 0 Å². The van der Waals surface area contributed by atoms with Crippen LogP contribution in [-0.2, 0) is 0 Å². The van der Waals surface area contributed by atoms with E-state index in [9.17, 15) is 4.79 Å². The maximum absolute atomic E-state index is 13.0. The van der Waals surface area contributed by atoms with Crippen LogP contribution in [0.4, 0.5) is 0 Å². The fourth-order valence-corrected chi connectivity index (χ4v) is 2.59. The molecule has 0 aliphatic rings. The van der Waals surface area contributed by atoms with Crippen LogP contribution in [0.15, 0.2) is 28.8 Å². The van der Waals surface area contributed by atoms with Gasteiger partial charge in [0.15, 0.2) is 0 Å². The van der Waals surface area contributed by atoms with Crippen molar-refractivity contribution in [3.8, 4) is 17.3 Å². The Labute approximate surface area is 140 Å². The second kappa shape index (κ2) is 7.30. The van der Waals surface area contributed by atoms with E-state index < -0.39 is 0 Å². The first-order valence-electron chi connectivity index (χ1n) is 7.36. The quantitative estimate of drug-likeness (QED) is 0.828. The van der Waals surface area contributed by atoms with Crippen molar-refractivity contribution in [2.45, 2.75) is 33.2 Å². The first-order chi connectivity index (χ1) is 11.0. The van der Waals surface area contributed by atoms with Gasteiger partial charge in [0.25, 0.3) is 5.91 Å². The third-order valence-corrected chi connectivity index (χ3v) is 3.88. The molecular formula is C17H18ClN3O2. The van der Waals surface area contributed by atoms with Crippen molar-refractivity contribution in [2.75, 3.05) is 6.54 Å². The molecule has 23 heavy (non-hydrogen) atoms. The molecule has 6 heteroatoms. The summed E-state index contributed by atoms with van der Waals surface area (Å²) >= 11 is 6.22. The van der Waals surface area contributed by atoms with Crippen LogP contribution in [-0.4, -0.2) is 28.6 Å². The fourth-order valence-electron chi connectivity index (χ4n) is 2.37. The molecule has 0 saturated heterocycles. The molecule has 0 saturated carbocycles. The second-order valence-electron chi connectivity index (χ2n) is 5.44. The number of carbonyl (C=O) groups excluding carboxylic acids is 1. The molecular weight excluding hydrogens is 314 g/mol. The summed E-state index contributed by atoms with van der Waals surface area (Å²) in [5.41, 5.74) is 1.48. The van der Waals surface area contributed by atoms with Gasteiger partial charge < -0.3 is 9.42 Å². The molecule has 1 amide bonds. The normalized spacial score (nSPS) is 10.6. The number of hydrogen-bond donors (Lipinski definition) is 0. The molecule has 0 fully saturated rings. The van der Waals surface area contributed by atoms with Crippen LogP contribution in [0.5, 0.6) is 0 Å². The van der Waals surface area contributed by atoms with Crippen LogP contribution in [0, 0.1) is 18.3 Å². The third-order valence-electron chi connectivity index (χ3n) is 3.55. The molecule has 120 valence electrons. The number of amides is 1. The van der Waals surface area contributed by atoms with Gasteiger partial charge in [-0.2, -0.15) is 5.26 Å². The third kappa shape index (κ3) is 3.54. The van der Waals surface area contributed by atoms with Crippen molar-refractivity contribution in [3.05, 3.63) is 40.6 Å². The maximum Gasteiger partial charge on any atom is 0.260 e. The van der Waals surface area contributed by atoms with Crippen molar-refractivity contribution >= 4 is 17.5 Å². The molecule has 0 atom stereocenters. The number of aryl methyl sites for hydroxylation is 1. The van der Waals surface area contributed by atoms with Gasteiger partial charge in [0.2, 0.25) is 0 Å². The summed E-state index contributed by atoms with van der Waals surface area (Å²) in [7, 11) is 0. The first-order valence-corrected chi connectivity index (χ1v) is 7.74. The fraction of sp³-hybridized carbons (Fsp3) is 0.353. The van der Waals surface area contributed by atoms with E-state index in [2.05, 4.69) is 11.2 Å². The average molecular weight is 332 g/mol. The van der Waals surface area contributed by atoms with Gasteiger partial charge in [0.1, 0.15) is 17.0 Å². The lowest BCUT2D eigenvalue weighted by molar-refractivity contribution is 0.0709. The van der Waals surface area contributed by atoms with E-state index in [-0.39, 0.29) is 18.4 Å². The molecule has 0 spiro atoms. The predicted octanol–water partition coefficient (Wildman–Crippen LogP) is 4.07. The number of rotatable bonds is 5. The summed E-state index contributed by atoms with van der Waals surface area (Å²) in [4.78, 5) is 14.6. The number of nitrogens with zero attached hydrogens (tertiary/aromatic N) is 3. The minimum atomic E-state index is -0.205. The number of benzene rings is 1. The number of nitriles is 1. The Balaban J connectivity index is 2.47. The van der Waals surface area contributed by atoms with Crippen molar-refractivity contribution in [1.29, 1.82) is 5.26 Å². The molecule has 1 aromatic heterocycles. The number of hydrogen-bond acceptors (Lipinski definition) is 4. The van der Waals surface area contributed by atoms with Crippen LogP contribution in [0.2, 0.25) is 5.02 Å². The summed E-state index contributed by atoms with van der Waals surface area (Å²) < 4.78 is 5.24. The van der Waals surface area contributed by atoms with Crippen LogP contribution in [0.25, 0.3) is 11.3 Å². The Morgan fingerprint density at radius 3 is 2.74 bits per heavy atom. The summed E-state index contributed by atoms with van der Waals surface area (Å²) in [6.07, 6.45) is 0.273. The minimum Gasteiger partial charge on any atom is -0.360 e. The zero-order valence-electron chi connectivity index (χ0n) is 13.3. The molecule has 1 heterocycles. The van der Waals surface area contributed by atoms with Gasteiger partial charge in [-0.1, -0.05) is 35.0 Å². The number of aromatic nitrogens is 1. The highest BCUT2D eigenvalue weighted by atomic mass is 35.5. The Morgan fingerprint density at radius 1 is 1.43 bits per heavy atom. The van der Waals surface area contributed by atoms with Crippen LogP contribution >= 0.6 is 11.6 Å². The van der Waals surface area contributed by atoms with Crippen molar-refractivity contribution in [1.82, 2.24) is 10.1 Å². The number of halogens is 1. The van der Waals surface area contributed by atoms with Gasteiger partial charge in [0.05, 0.1) is 17.5 Å². The lowest BCUT2D eigenvalue weighted by atomic mass is 10.0. The minimum absolute atomic E-state index is 0.0377. The second-order valence-corrected chi connectivity index (χ2v) is 5.85. The van der Waals surface area contributed by atoms with Crippen molar-refractivity contribution < 1.29 is 9.32 Å². The Hall–Kier alpha value is -2.32. The van der Waals surface area contributed by atoms with Crippen molar-refractivity contribution in [3.63, 3.8) is 0 Å². The van der Waals surface area contributed by atoms with Crippen LogP contribution < -0.4 is 0 Å². The molecule has 0 N–H and O–H groups in total. The Bertz CT molecular complexity index is 747. The highest BCUT2D eigenvalue weighted by Crippen LogP contribution is 2.32. The SMILES string of the molecule is Cc1onc(-c2ccccc2Cl)c1C(=O)N(CCC#N)C(C)C. The zero-order chi connectivity index (χ0) is 17.0. The highest BCUT2D eigenvalue weighted by Gasteiger charge is 2.28. The van der Waals surface area contributed by atoms with Crippen LogP contribution in [0.3, 0.4) is 0 Å². The van der Waals surface area contributed by atoms with E-state index in [1.54, 1.807) is 24.0 Å². The summed E-state index contributed by atoms with van der Waals surface area (Å²) in [6, 6.07) is 9.21. The van der Waals surface area contributed by atoms with E-state index in [0.29, 0.717) is 34.1 Å². The average Bonchev–Trinajstić information content (AvgIpc) is 2.89. The number of carbonyl (C=O) groups is 1. The van der Waals surface area contributed by atoms with Gasteiger partial charge in [-0.3, -0.25) is 4.79 Å². The van der Waals surface area contributed by atoms with E-state index >= 15 is 0 Å². The molecule has 1 aromatic carbocycles. The van der Waals surface area contributed by atoms with E-state index in [0.717, 1.165) is 0 Å². The van der Waals surface area contributed by atoms with E-state index in [4.69, 9.17) is 21.4 Å². The largest absolute Gasteiger partial charge is 0.360 e. The van der Waals surface area contributed by atoms with Gasteiger partial charge in [0, 0.05) is 18.2 Å². The van der Waals surface area contributed by atoms with Gasteiger partial charge in [-0.25, -0.2) is 0 Å². The molecule has 2 aromatic rings. The van der Waals surface area contributed by atoms with E-state index in [1.165, 1.54) is 0 Å². The van der Waals surface area contributed by atoms with Crippen molar-refractivity contribution in [2.24, 2.45) is 0 Å². The molecule has 0 aliphatic carbocycles. The zero-order valence-corrected chi connectivity index (χ0v) is 14.1. The molecule has 5 nitrogen and oxygen atoms in total. The standard InChI is InChI=1S/C17H18ClN3O2/c1-11(2)21(10-6-9-19)17(22)15-12(3)23-20-16(15)13-7-4-5-8-14(13)18/h4-5,7-8,11H,6,10H2,1-3H3. The van der Waals surface area contributed by atoms with Gasteiger partial charge in [-0.05, 0) is 26.8 Å². The van der Waals surface area contributed by atoms with Gasteiger partial charge >= 0.3 is 0 Å². The molecule has 0 bridgehead atoms. The monoisotopic (exact) mass is 331 g/mol. The summed E-state index contributed by atoms with van der Waals surface area (Å²) in [6.45, 7) is 5.88. The Morgan fingerprint density at radius 2 is 2.13 bits per heavy atom. The Kier molecular flexibility index (Phi) is 5.41. The first kappa shape index (κ1) is 17.0. The lowest BCUT2D eigenvalue weighted by Crippen LogP contribution is -2.38. The molecule has 2 rings (SSSR count).